The summed E-state index contributed by atoms with van der Waals surface area (Å²) in [7, 11) is 3.19. The molecule has 4 rings (SSSR count). The fourth-order valence-electron chi connectivity index (χ4n) is 4.41. The van der Waals surface area contributed by atoms with Crippen LogP contribution in [0.1, 0.15) is 40.7 Å². The van der Waals surface area contributed by atoms with E-state index in [9.17, 15) is 4.79 Å². The van der Waals surface area contributed by atoms with Gasteiger partial charge in [0, 0.05) is 56.8 Å². The molecular formula is C33H43N3O2. The first-order valence-corrected chi connectivity index (χ1v) is 13.1. The molecule has 1 N–H and O–H groups in total. The van der Waals surface area contributed by atoms with Crippen molar-refractivity contribution in [2.45, 2.75) is 26.8 Å². The monoisotopic (exact) mass is 513 g/mol. The number of aliphatic hydroxyl groups excluding tert-OH is 1. The third kappa shape index (κ3) is 9.10. The van der Waals surface area contributed by atoms with Gasteiger partial charge in [-0.25, -0.2) is 0 Å². The molecule has 3 aromatic rings. The first-order valence-electron chi connectivity index (χ1n) is 13.1. The normalized spacial score (nSPS) is 14.3. The highest BCUT2D eigenvalue weighted by molar-refractivity contribution is 5.88. The number of likely N-dealkylation sites (N-methyl/N-ethyl adjacent to an activating group) is 1. The SMILES string of the molecule is C=CC(=CC/C=C\C)c1c(C=O)cc(C)n1-c1ccccc1.CN1CCN(Cc2ccccc2)CC1.CO. The maximum Gasteiger partial charge on any atom is 0.152 e. The zero-order valence-corrected chi connectivity index (χ0v) is 23.4. The number of rotatable bonds is 8. The van der Waals surface area contributed by atoms with E-state index >= 15 is 0 Å². The highest BCUT2D eigenvalue weighted by atomic mass is 16.2. The van der Waals surface area contributed by atoms with E-state index in [1.807, 2.05) is 62.4 Å². The lowest BCUT2D eigenvalue weighted by atomic mass is 10.1. The van der Waals surface area contributed by atoms with Crippen molar-refractivity contribution in [3.8, 4) is 5.69 Å². The molecule has 202 valence electrons. The number of allylic oxidation sites excluding steroid dienone is 5. The van der Waals surface area contributed by atoms with E-state index in [-0.39, 0.29) is 0 Å². The van der Waals surface area contributed by atoms with Gasteiger partial charge in [0.25, 0.3) is 0 Å². The minimum Gasteiger partial charge on any atom is -0.400 e. The van der Waals surface area contributed by atoms with Crippen LogP contribution < -0.4 is 0 Å². The highest BCUT2D eigenvalue weighted by Gasteiger charge is 2.16. The molecule has 5 nitrogen and oxygen atoms in total. The smallest absolute Gasteiger partial charge is 0.152 e. The van der Waals surface area contributed by atoms with Crippen molar-refractivity contribution in [1.29, 1.82) is 0 Å². The van der Waals surface area contributed by atoms with Gasteiger partial charge in [-0.05, 0) is 56.7 Å². The molecular weight excluding hydrogens is 470 g/mol. The van der Waals surface area contributed by atoms with Gasteiger partial charge in [0.15, 0.2) is 6.29 Å². The lowest BCUT2D eigenvalue weighted by molar-refractivity contribution is 0.112. The standard InChI is InChI=1S/C20H21NO.C12H18N2.CH4O/c1-4-6-8-11-17(5-2)20-18(15-22)14-16(3)21(20)19-12-9-7-10-13-19;1-13-7-9-14(10-8-13)11-12-5-3-2-4-6-12;1-2/h4-7,9-15H,2,8H2,1,3H3;2-6H,7-11H2,1H3;2H,1H3/b6-4-,17-11?;;. The van der Waals surface area contributed by atoms with Crippen LogP contribution in [0.4, 0.5) is 0 Å². The van der Waals surface area contributed by atoms with Gasteiger partial charge in [0.1, 0.15) is 0 Å². The molecule has 0 spiro atoms. The first kappa shape index (κ1) is 30.7. The number of aliphatic hydroxyl groups is 1. The van der Waals surface area contributed by atoms with E-state index in [2.05, 4.69) is 70.5 Å². The number of benzene rings is 2. The van der Waals surface area contributed by atoms with Crippen LogP contribution in [-0.4, -0.2) is 66.1 Å². The van der Waals surface area contributed by atoms with Gasteiger partial charge in [-0.15, -0.1) is 0 Å². The Balaban J connectivity index is 0.000000272. The highest BCUT2D eigenvalue weighted by Crippen LogP contribution is 2.27. The third-order valence-corrected chi connectivity index (χ3v) is 6.40. The number of hydrogen-bond donors (Lipinski definition) is 1. The summed E-state index contributed by atoms with van der Waals surface area (Å²) in [5.74, 6) is 0. The molecule has 0 unspecified atom stereocenters. The van der Waals surface area contributed by atoms with Crippen LogP contribution in [0.2, 0.25) is 0 Å². The maximum absolute atomic E-state index is 11.5. The number of aromatic nitrogens is 1. The molecule has 0 radical (unpaired) electrons. The first-order chi connectivity index (χ1) is 18.6. The van der Waals surface area contributed by atoms with Gasteiger partial charge < -0.3 is 14.6 Å². The predicted octanol–water partition coefficient (Wildman–Crippen LogP) is 6.18. The van der Waals surface area contributed by atoms with Crippen molar-refractivity contribution in [3.05, 3.63) is 120 Å². The molecule has 0 aliphatic carbocycles. The number of piperazine rings is 1. The molecule has 0 atom stereocenters. The van der Waals surface area contributed by atoms with Gasteiger partial charge in [0.2, 0.25) is 0 Å². The number of aryl methyl sites for hydroxylation is 1. The number of nitrogens with zero attached hydrogens (tertiary/aromatic N) is 3. The van der Waals surface area contributed by atoms with E-state index in [1.165, 1.54) is 31.7 Å². The average Bonchev–Trinajstić information content (AvgIpc) is 3.30. The Morgan fingerprint density at radius 1 is 0.974 bits per heavy atom. The second-order valence-corrected chi connectivity index (χ2v) is 9.11. The molecule has 0 saturated carbocycles. The summed E-state index contributed by atoms with van der Waals surface area (Å²) in [5, 5.41) is 7.00. The van der Waals surface area contributed by atoms with Gasteiger partial charge in [0.05, 0.1) is 5.69 Å². The zero-order valence-electron chi connectivity index (χ0n) is 23.4. The summed E-state index contributed by atoms with van der Waals surface area (Å²) in [4.78, 5) is 16.4. The van der Waals surface area contributed by atoms with Crippen molar-refractivity contribution in [2.24, 2.45) is 0 Å². The Kier molecular flexibility index (Phi) is 13.8. The van der Waals surface area contributed by atoms with Crippen LogP contribution in [0.5, 0.6) is 0 Å². The zero-order chi connectivity index (χ0) is 27.8. The topological polar surface area (TPSA) is 48.7 Å². The number of carbonyl (C=O) groups excluding carboxylic acids is 1. The Labute approximate surface area is 229 Å². The fraction of sp³-hybridized carbons (Fsp3) is 0.303. The van der Waals surface area contributed by atoms with Gasteiger partial charge in [-0.1, -0.05) is 79.4 Å². The van der Waals surface area contributed by atoms with E-state index in [0.29, 0.717) is 5.56 Å². The van der Waals surface area contributed by atoms with Crippen LogP contribution in [0.15, 0.2) is 97.6 Å². The Morgan fingerprint density at radius 2 is 1.58 bits per heavy atom. The second-order valence-electron chi connectivity index (χ2n) is 9.11. The lowest BCUT2D eigenvalue weighted by Crippen LogP contribution is -2.43. The van der Waals surface area contributed by atoms with Crippen LogP contribution in [0.25, 0.3) is 11.3 Å². The maximum atomic E-state index is 11.5. The molecule has 1 aromatic heterocycles. The predicted molar refractivity (Wildman–Crippen MR) is 161 cm³/mol. The van der Waals surface area contributed by atoms with Crippen molar-refractivity contribution in [3.63, 3.8) is 0 Å². The number of aldehydes is 1. The molecule has 0 bridgehead atoms. The van der Waals surface area contributed by atoms with Crippen LogP contribution in [0.3, 0.4) is 0 Å². The summed E-state index contributed by atoms with van der Waals surface area (Å²) >= 11 is 0. The molecule has 1 aliphatic rings. The molecule has 2 heterocycles. The van der Waals surface area contributed by atoms with Crippen LogP contribution in [-0.2, 0) is 6.54 Å². The van der Waals surface area contributed by atoms with Crippen molar-refractivity contribution >= 4 is 11.9 Å². The quantitative estimate of drug-likeness (QED) is 0.222. The summed E-state index contributed by atoms with van der Waals surface area (Å²) in [6.07, 6.45) is 9.72. The minimum atomic E-state index is 0.688. The summed E-state index contributed by atoms with van der Waals surface area (Å²) in [5.41, 5.74) is 6.06. The number of para-hydroxylation sites is 1. The van der Waals surface area contributed by atoms with E-state index < -0.39 is 0 Å². The molecule has 38 heavy (non-hydrogen) atoms. The van der Waals surface area contributed by atoms with E-state index in [1.54, 1.807) is 0 Å². The van der Waals surface area contributed by atoms with Gasteiger partial charge in [-0.2, -0.15) is 0 Å². The van der Waals surface area contributed by atoms with E-state index in [4.69, 9.17) is 5.11 Å². The van der Waals surface area contributed by atoms with Gasteiger partial charge >= 0.3 is 0 Å². The summed E-state index contributed by atoms with van der Waals surface area (Å²) in [6.45, 7) is 13.8. The number of carbonyl (C=O) groups is 1. The van der Waals surface area contributed by atoms with E-state index in [0.717, 1.165) is 49.0 Å². The second kappa shape index (κ2) is 17.1. The molecule has 1 fully saturated rings. The summed E-state index contributed by atoms with van der Waals surface area (Å²) in [6, 6.07) is 22.7. The summed E-state index contributed by atoms with van der Waals surface area (Å²) < 4.78 is 2.10. The van der Waals surface area contributed by atoms with Crippen LogP contribution in [0, 0.1) is 6.92 Å². The third-order valence-electron chi connectivity index (χ3n) is 6.40. The molecule has 0 amide bonds. The fourth-order valence-corrected chi connectivity index (χ4v) is 4.41. The molecule has 1 saturated heterocycles. The average molecular weight is 514 g/mol. The largest absolute Gasteiger partial charge is 0.400 e. The molecule has 1 aliphatic heterocycles. The number of hydrogen-bond acceptors (Lipinski definition) is 4. The lowest BCUT2D eigenvalue weighted by Gasteiger charge is -2.32. The molecule has 2 aromatic carbocycles. The van der Waals surface area contributed by atoms with Crippen molar-refractivity contribution < 1.29 is 9.90 Å². The Hall–Kier alpha value is -3.51. The Bertz CT molecular complexity index is 1160. The minimum absolute atomic E-state index is 0.688. The Morgan fingerprint density at radius 3 is 2.13 bits per heavy atom. The van der Waals surface area contributed by atoms with Gasteiger partial charge in [-0.3, -0.25) is 9.69 Å². The molecule has 5 heteroatoms. The van der Waals surface area contributed by atoms with Crippen molar-refractivity contribution in [2.75, 3.05) is 40.3 Å². The van der Waals surface area contributed by atoms with Crippen molar-refractivity contribution in [1.82, 2.24) is 14.4 Å². The van der Waals surface area contributed by atoms with Crippen LogP contribution >= 0.6 is 0 Å².